The standard InChI is InChI=1S/C21H29FN4O/c1-16(27-20-11-6-5-10-19(20)22)13-24-21(23-2)25-14-17-8-7-9-18(12-17)15-26(3)4/h5-12,16H,13-15H2,1-4H3,(H2,23,24,25). The molecule has 6 heteroatoms. The first-order valence-electron chi connectivity index (χ1n) is 9.06. The number of ether oxygens (including phenoxy) is 1. The van der Waals surface area contributed by atoms with Crippen LogP contribution in [0.4, 0.5) is 4.39 Å². The van der Waals surface area contributed by atoms with E-state index in [1.807, 2.05) is 6.92 Å². The molecule has 0 aromatic heterocycles. The van der Waals surface area contributed by atoms with E-state index in [0.717, 1.165) is 6.54 Å². The van der Waals surface area contributed by atoms with E-state index >= 15 is 0 Å². The number of halogens is 1. The molecule has 0 aliphatic rings. The Morgan fingerprint density at radius 2 is 1.85 bits per heavy atom. The predicted molar refractivity (Wildman–Crippen MR) is 109 cm³/mol. The molecule has 5 nitrogen and oxygen atoms in total. The van der Waals surface area contributed by atoms with Gasteiger partial charge in [-0.2, -0.15) is 0 Å². The van der Waals surface area contributed by atoms with Crippen LogP contribution in [0.25, 0.3) is 0 Å². The van der Waals surface area contributed by atoms with Gasteiger partial charge in [0, 0.05) is 20.1 Å². The van der Waals surface area contributed by atoms with Crippen molar-refractivity contribution in [3.63, 3.8) is 0 Å². The number of rotatable bonds is 8. The number of aliphatic imine (C=N–C) groups is 1. The Balaban J connectivity index is 1.81. The first-order valence-corrected chi connectivity index (χ1v) is 9.06. The molecule has 1 atom stereocenters. The normalized spacial score (nSPS) is 12.7. The lowest BCUT2D eigenvalue weighted by Gasteiger charge is -2.18. The maximum Gasteiger partial charge on any atom is 0.191 e. The second-order valence-corrected chi connectivity index (χ2v) is 6.72. The Labute approximate surface area is 161 Å². The van der Waals surface area contributed by atoms with Crippen LogP contribution in [0, 0.1) is 5.82 Å². The SMILES string of the molecule is CN=C(NCc1cccc(CN(C)C)c1)NCC(C)Oc1ccccc1F. The van der Waals surface area contributed by atoms with Crippen LogP contribution in [0.3, 0.4) is 0 Å². The average Bonchev–Trinajstić information content (AvgIpc) is 2.63. The van der Waals surface area contributed by atoms with Crippen molar-refractivity contribution in [3.05, 3.63) is 65.5 Å². The fraction of sp³-hybridized carbons (Fsp3) is 0.381. The van der Waals surface area contributed by atoms with Gasteiger partial charge in [-0.15, -0.1) is 0 Å². The van der Waals surface area contributed by atoms with Crippen molar-refractivity contribution >= 4 is 5.96 Å². The Kier molecular flexibility index (Phi) is 8.07. The summed E-state index contributed by atoms with van der Waals surface area (Å²) in [4.78, 5) is 6.37. The summed E-state index contributed by atoms with van der Waals surface area (Å²) in [5.74, 6) is 0.578. The highest BCUT2D eigenvalue weighted by Gasteiger charge is 2.09. The second-order valence-electron chi connectivity index (χ2n) is 6.72. The van der Waals surface area contributed by atoms with Gasteiger partial charge in [0.15, 0.2) is 17.5 Å². The highest BCUT2D eigenvalue weighted by Crippen LogP contribution is 2.16. The zero-order valence-electron chi connectivity index (χ0n) is 16.5. The lowest BCUT2D eigenvalue weighted by atomic mass is 10.1. The summed E-state index contributed by atoms with van der Waals surface area (Å²) in [6.45, 7) is 3.97. The molecule has 0 saturated heterocycles. The van der Waals surface area contributed by atoms with Crippen LogP contribution in [0.2, 0.25) is 0 Å². The molecule has 0 amide bonds. The first kappa shape index (κ1) is 20.7. The zero-order chi connectivity index (χ0) is 19.6. The first-order chi connectivity index (χ1) is 13.0. The van der Waals surface area contributed by atoms with Gasteiger partial charge >= 0.3 is 0 Å². The van der Waals surface area contributed by atoms with E-state index in [9.17, 15) is 4.39 Å². The van der Waals surface area contributed by atoms with Crippen LogP contribution < -0.4 is 15.4 Å². The number of hydrogen-bond donors (Lipinski definition) is 2. The van der Waals surface area contributed by atoms with Crippen LogP contribution in [0.15, 0.2) is 53.5 Å². The van der Waals surface area contributed by atoms with Gasteiger partial charge in [-0.05, 0) is 44.3 Å². The van der Waals surface area contributed by atoms with Crippen molar-refractivity contribution < 1.29 is 9.13 Å². The van der Waals surface area contributed by atoms with Crippen LogP contribution in [-0.2, 0) is 13.1 Å². The Bertz CT molecular complexity index is 748. The summed E-state index contributed by atoms with van der Waals surface area (Å²) in [6.07, 6.45) is -0.205. The molecule has 1 unspecified atom stereocenters. The van der Waals surface area contributed by atoms with Gasteiger partial charge < -0.3 is 20.3 Å². The number of benzene rings is 2. The third-order valence-electron chi connectivity index (χ3n) is 3.90. The number of para-hydroxylation sites is 1. The molecule has 146 valence electrons. The topological polar surface area (TPSA) is 48.9 Å². The fourth-order valence-electron chi connectivity index (χ4n) is 2.65. The Hall–Kier alpha value is -2.60. The van der Waals surface area contributed by atoms with Crippen molar-refractivity contribution in [2.24, 2.45) is 4.99 Å². The quantitative estimate of drug-likeness (QED) is 0.552. The molecule has 2 rings (SSSR count). The molecule has 27 heavy (non-hydrogen) atoms. The van der Waals surface area contributed by atoms with Gasteiger partial charge in [0.25, 0.3) is 0 Å². The Morgan fingerprint density at radius 3 is 2.56 bits per heavy atom. The summed E-state index contributed by atoms with van der Waals surface area (Å²) < 4.78 is 19.3. The lowest BCUT2D eigenvalue weighted by molar-refractivity contribution is 0.214. The van der Waals surface area contributed by atoms with Crippen LogP contribution in [-0.4, -0.2) is 44.7 Å². The molecule has 0 heterocycles. The molecule has 2 aromatic rings. The number of guanidine groups is 1. The van der Waals surface area contributed by atoms with Gasteiger partial charge in [0.1, 0.15) is 6.10 Å². The summed E-state index contributed by atoms with van der Waals surface area (Å²) >= 11 is 0. The maximum atomic E-state index is 13.7. The molecule has 2 aromatic carbocycles. The minimum atomic E-state index is -0.357. The average molecular weight is 372 g/mol. The van der Waals surface area contributed by atoms with Gasteiger partial charge in [0.05, 0.1) is 6.54 Å². The third kappa shape index (κ3) is 7.27. The summed E-state index contributed by atoms with van der Waals surface area (Å²) in [5.41, 5.74) is 2.46. The minimum absolute atomic E-state index is 0.205. The van der Waals surface area contributed by atoms with Crippen LogP contribution in [0.5, 0.6) is 5.75 Å². The molecule has 0 radical (unpaired) electrons. The molecule has 0 spiro atoms. The highest BCUT2D eigenvalue weighted by atomic mass is 19.1. The van der Waals surface area contributed by atoms with Gasteiger partial charge in [0.2, 0.25) is 0 Å². The van der Waals surface area contributed by atoms with Crippen molar-refractivity contribution in [3.8, 4) is 5.75 Å². The van der Waals surface area contributed by atoms with Crippen molar-refractivity contribution in [1.29, 1.82) is 0 Å². The maximum absolute atomic E-state index is 13.7. The van der Waals surface area contributed by atoms with Crippen LogP contribution in [0.1, 0.15) is 18.1 Å². The molecule has 0 aliphatic heterocycles. The summed E-state index contributed by atoms with van der Waals surface area (Å²) in [5, 5.41) is 6.50. The molecular weight excluding hydrogens is 343 g/mol. The highest BCUT2D eigenvalue weighted by molar-refractivity contribution is 5.79. The number of hydrogen-bond acceptors (Lipinski definition) is 3. The van der Waals surface area contributed by atoms with E-state index in [4.69, 9.17) is 4.74 Å². The van der Waals surface area contributed by atoms with Crippen LogP contribution >= 0.6 is 0 Å². The summed E-state index contributed by atoms with van der Waals surface area (Å²) in [7, 11) is 5.84. The molecule has 2 N–H and O–H groups in total. The van der Waals surface area contributed by atoms with E-state index in [2.05, 4.69) is 58.9 Å². The summed E-state index contributed by atoms with van der Waals surface area (Å²) in [6, 6.07) is 14.9. The molecule has 0 fully saturated rings. The smallest absolute Gasteiger partial charge is 0.191 e. The van der Waals surface area contributed by atoms with Gasteiger partial charge in [-0.25, -0.2) is 4.39 Å². The molecular formula is C21H29FN4O. The fourth-order valence-corrected chi connectivity index (χ4v) is 2.65. The second kappa shape index (κ2) is 10.5. The minimum Gasteiger partial charge on any atom is -0.486 e. The van der Waals surface area contributed by atoms with E-state index in [-0.39, 0.29) is 17.7 Å². The van der Waals surface area contributed by atoms with E-state index in [1.54, 1.807) is 25.2 Å². The number of nitrogens with one attached hydrogen (secondary N) is 2. The Morgan fingerprint density at radius 1 is 1.11 bits per heavy atom. The van der Waals surface area contributed by atoms with Gasteiger partial charge in [-0.3, -0.25) is 4.99 Å². The van der Waals surface area contributed by atoms with Crippen molar-refractivity contribution in [2.75, 3.05) is 27.7 Å². The van der Waals surface area contributed by atoms with Crippen molar-refractivity contribution in [2.45, 2.75) is 26.1 Å². The van der Waals surface area contributed by atoms with Crippen molar-refractivity contribution in [1.82, 2.24) is 15.5 Å². The molecule has 0 saturated carbocycles. The largest absolute Gasteiger partial charge is 0.486 e. The zero-order valence-corrected chi connectivity index (χ0v) is 16.5. The van der Waals surface area contributed by atoms with E-state index < -0.39 is 0 Å². The van der Waals surface area contributed by atoms with E-state index in [1.165, 1.54) is 17.2 Å². The lowest BCUT2D eigenvalue weighted by Crippen LogP contribution is -2.41. The number of nitrogens with zero attached hydrogens (tertiary/aromatic N) is 2. The monoisotopic (exact) mass is 372 g/mol. The predicted octanol–water partition coefficient (Wildman–Crippen LogP) is 3.02. The van der Waals surface area contributed by atoms with Gasteiger partial charge in [-0.1, -0.05) is 36.4 Å². The molecule has 0 aliphatic carbocycles. The third-order valence-corrected chi connectivity index (χ3v) is 3.90. The molecule has 0 bridgehead atoms. The van der Waals surface area contributed by atoms with E-state index in [0.29, 0.717) is 19.0 Å².